The first-order chi connectivity index (χ1) is 9.12. The minimum absolute atomic E-state index is 0.0448. The Morgan fingerprint density at radius 2 is 2.05 bits per heavy atom. The predicted molar refractivity (Wildman–Crippen MR) is 73.9 cm³/mol. The fourth-order valence-corrected chi connectivity index (χ4v) is 3.04. The van der Waals surface area contributed by atoms with Crippen LogP contribution in [0.1, 0.15) is 35.7 Å². The van der Waals surface area contributed by atoms with Crippen LogP contribution in [0.25, 0.3) is 0 Å². The molecule has 4 nitrogen and oxygen atoms in total. The molecule has 1 saturated carbocycles. The van der Waals surface area contributed by atoms with Crippen LogP contribution in [0.5, 0.6) is 0 Å². The molecule has 0 aliphatic heterocycles. The minimum Gasteiger partial charge on any atom is -0.351 e. The van der Waals surface area contributed by atoms with Crippen molar-refractivity contribution in [3.05, 3.63) is 29.1 Å². The lowest BCUT2D eigenvalue weighted by Gasteiger charge is -2.11. The zero-order chi connectivity index (χ0) is 15.1. The van der Waals surface area contributed by atoms with Crippen LogP contribution in [0, 0.1) is 18.2 Å². The van der Waals surface area contributed by atoms with Gasteiger partial charge in [0.15, 0.2) is 0 Å². The number of carbonyl (C=O) groups is 1. The number of halogens is 2. The van der Waals surface area contributed by atoms with Crippen LogP contribution >= 0.6 is 10.7 Å². The average molecular weight is 320 g/mol. The molecule has 110 valence electrons. The molecule has 0 atom stereocenters. The summed E-state index contributed by atoms with van der Waals surface area (Å²) in [6.07, 6.45) is 2.08. The summed E-state index contributed by atoms with van der Waals surface area (Å²) in [5.74, 6) is -1.27. The van der Waals surface area contributed by atoms with Crippen molar-refractivity contribution < 1.29 is 17.6 Å². The quantitative estimate of drug-likeness (QED) is 0.868. The highest BCUT2D eigenvalue weighted by Gasteiger charge is 2.37. The molecule has 0 saturated heterocycles. The molecule has 1 N–H and O–H groups in total. The standard InChI is InChI=1S/C13H15ClFNO3S/c1-8-10(15)5-9(6-11(8)20(14,18)19)12(17)16-7-13(2)3-4-13/h5-6H,3-4,7H2,1-2H3,(H,16,17). The van der Waals surface area contributed by atoms with E-state index in [4.69, 9.17) is 10.7 Å². The molecule has 0 heterocycles. The van der Waals surface area contributed by atoms with Crippen LogP contribution in [-0.2, 0) is 9.05 Å². The molecule has 0 aromatic heterocycles. The van der Waals surface area contributed by atoms with Gasteiger partial charge in [-0.25, -0.2) is 12.8 Å². The van der Waals surface area contributed by atoms with E-state index in [2.05, 4.69) is 5.32 Å². The first-order valence-corrected chi connectivity index (χ1v) is 8.46. The fraction of sp³-hybridized carbons (Fsp3) is 0.462. The van der Waals surface area contributed by atoms with E-state index in [-0.39, 0.29) is 21.4 Å². The first kappa shape index (κ1) is 15.3. The van der Waals surface area contributed by atoms with Crippen molar-refractivity contribution in [1.29, 1.82) is 0 Å². The van der Waals surface area contributed by atoms with E-state index in [1.165, 1.54) is 6.92 Å². The van der Waals surface area contributed by atoms with Crippen LogP contribution in [0.3, 0.4) is 0 Å². The number of amides is 1. The Labute approximate surface area is 121 Å². The number of carbonyl (C=O) groups excluding carboxylic acids is 1. The third-order valence-corrected chi connectivity index (χ3v) is 5.05. The summed E-state index contributed by atoms with van der Waals surface area (Å²) in [4.78, 5) is 11.6. The van der Waals surface area contributed by atoms with Gasteiger partial charge in [-0.3, -0.25) is 4.79 Å². The van der Waals surface area contributed by atoms with Gasteiger partial charge >= 0.3 is 0 Å². The molecule has 0 radical (unpaired) electrons. The lowest BCUT2D eigenvalue weighted by molar-refractivity contribution is 0.0945. The van der Waals surface area contributed by atoms with Gasteiger partial charge in [-0.15, -0.1) is 0 Å². The Morgan fingerprint density at radius 3 is 2.55 bits per heavy atom. The Morgan fingerprint density at radius 1 is 1.45 bits per heavy atom. The van der Waals surface area contributed by atoms with Gasteiger partial charge in [-0.1, -0.05) is 6.92 Å². The molecule has 0 spiro atoms. The molecule has 20 heavy (non-hydrogen) atoms. The molecule has 0 bridgehead atoms. The van der Waals surface area contributed by atoms with Crippen molar-refractivity contribution in [3.63, 3.8) is 0 Å². The van der Waals surface area contributed by atoms with Crippen LogP contribution in [0.15, 0.2) is 17.0 Å². The maximum Gasteiger partial charge on any atom is 0.261 e. The highest BCUT2D eigenvalue weighted by atomic mass is 35.7. The fourth-order valence-electron chi connectivity index (χ4n) is 1.82. The van der Waals surface area contributed by atoms with Gasteiger partial charge in [0.25, 0.3) is 15.0 Å². The van der Waals surface area contributed by atoms with Crippen LogP contribution < -0.4 is 5.32 Å². The predicted octanol–water partition coefficient (Wildman–Crippen LogP) is 2.59. The molecule has 1 amide bonds. The van der Waals surface area contributed by atoms with Crippen LogP contribution in [-0.4, -0.2) is 20.9 Å². The van der Waals surface area contributed by atoms with E-state index in [0.717, 1.165) is 25.0 Å². The van der Waals surface area contributed by atoms with Crippen LogP contribution in [0.2, 0.25) is 0 Å². The normalized spacial score (nSPS) is 16.8. The summed E-state index contributed by atoms with van der Waals surface area (Å²) in [6, 6.07) is 2.12. The van der Waals surface area contributed by atoms with E-state index in [0.29, 0.717) is 6.54 Å². The summed E-state index contributed by atoms with van der Waals surface area (Å²) in [6.45, 7) is 3.83. The lowest BCUT2D eigenvalue weighted by Crippen LogP contribution is -2.29. The summed E-state index contributed by atoms with van der Waals surface area (Å²) in [5, 5.41) is 2.68. The minimum atomic E-state index is -4.09. The summed E-state index contributed by atoms with van der Waals surface area (Å²) < 4.78 is 36.5. The second kappa shape index (κ2) is 5.00. The lowest BCUT2D eigenvalue weighted by atomic mass is 10.1. The molecular weight excluding hydrogens is 305 g/mol. The van der Waals surface area contributed by atoms with Gasteiger partial charge in [-0.2, -0.15) is 0 Å². The monoisotopic (exact) mass is 319 g/mol. The molecule has 1 aliphatic carbocycles. The molecule has 1 aromatic carbocycles. The Bertz CT molecular complexity index is 668. The number of hydrogen-bond acceptors (Lipinski definition) is 3. The topological polar surface area (TPSA) is 63.2 Å². The van der Waals surface area contributed by atoms with Crippen molar-refractivity contribution in [1.82, 2.24) is 5.32 Å². The van der Waals surface area contributed by atoms with Crippen molar-refractivity contribution in [2.24, 2.45) is 5.41 Å². The zero-order valence-corrected chi connectivity index (χ0v) is 12.7. The molecular formula is C13H15ClFNO3S. The molecule has 1 aliphatic rings. The zero-order valence-electron chi connectivity index (χ0n) is 11.2. The van der Waals surface area contributed by atoms with Crippen molar-refractivity contribution in [2.45, 2.75) is 31.6 Å². The Hall–Kier alpha value is -1.14. The molecule has 2 rings (SSSR count). The maximum absolute atomic E-state index is 13.7. The third kappa shape index (κ3) is 3.30. The van der Waals surface area contributed by atoms with Crippen molar-refractivity contribution >= 4 is 25.6 Å². The highest BCUT2D eigenvalue weighted by Crippen LogP contribution is 2.44. The van der Waals surface area contributed by atoms with Gasteiger partial charge in [0.05, 0.1) is 4.90 Å². The summed E-state index contributed by atoms with van der Waals surface area (Å²) >= 11 is 0. The number of hydrogen-bond donors (Lipinski definition) is 1. The largest absolute Gasteiger partial charge is 0.351 e. The van der Waals surface area contributed by atoms with E-state index < -0.39 is 20.8 Å². The van der Waals surface area contributed by atoms with Gasteiger partial charge in [0, 0.05) is 28.4 Å². The molecule has 0 unspecified atom stereocenters. The number of rotatable bonds is 4. The van der Waals surface area contributed by atoms with E-state index in [9.17, 15) is 17.6 Å². The van der Waals surface area contributed by atoms with Crippen LogP contribution in [0.4, 0.5) is 4.39 Å². The highest BCUT2D eigenvalue weighted by molar-refractivity contribution is 8.13. The maximum atomic E-state index is 13.7. The second-order valence-corrected chi connectivity index (χ2v) is 8.05. The Kier molecular flexibility index (Phi) is 3.81. The van der Waals surface area contributed by atoms with Gasteiger partial charge in [0.2, 0.25) is 0 Å². The first-order valence-electron chi connectivity index (χ1n) is 6.15. The number of nitrogens with one attached hydrogen (secondary N) is 1. The third-order valence-electron chi connectivity index (χ3n) is 3.60. The van der Waals surface area contributed by atoms with Gasteiger partial charge in [0.1, 0.15) is 5.82 Å². The SMILES string of the molecule is Cc1c(F)cc(C(=O)NCC2(C)CC2)cc1S(=O)(=O)Cl. The molecule has 1 aromatic rings. The average Bonchev–Trinajstić information content (AvgIpc) is 3.06. The smallest absolute Gasteiger partial charge is 0.261 e. The van der Waals surface area contributed by atoms with Crippen molar-refractivity contribution in [3.8, 4) is 0 Å². The second-order valence-electron chi connectivity index (χ2n) is 5.51. The van der Waals surface area contributed by atoms with Gasteiger partial charge in [-0.05, 0) is 37.3 Å². The summed E-state index contributed by atoms with van der Waals surface area (Å²) in [7, 11) is 1.16. The van der Waals surface area contributed by atoms with E-state index >= 15 is 0 Å². The van der Waals surface area contributed by atoms with Gasteiger partial charge < -0.3 is 5.32 Å². The molecule has 7 heteroatoms. The number of benzene rings is 1. The van der Waals surface area contributed by atoms with Crippen molar-refractivity contribution in [2.75, 3.05) is 6.54 Å². The summed E-state index contributed by atoms with van der Waals surface area (Å²) in [5.41, 5.74) is -0.0254. The Balaban J connectivity index is 2.28. The van der Waals surface area contributed by atoms with E-state index in [1.807, 2.05) is 6.92 Å². The van der Waals surface area contributed by atoms with E-state index in [1.54, 1.807) is 0 Å². The molecule has 1 fully saturated rings.